The Morgan fingerprint density at radius 2 is 1.89 bits per heavy atom. The molecule has 0 atom stereocenters. The summed E-state index contributed by atoms with van der Waals surface area (Å²) in [6.07, 6.45) is -1.10. The molecule has 1 aliphatic rings. The van der Waals surface area contributed by atoms with Gasteiger partial charge in [0.1, 0.15) is 0 Å². The fraction of sp³-hybridized carbons (Fsp3) is 0.909. The molecule has 0 aromatic carbocycles. The van der Waals surface area contributed by atoms with Crippen molar-refractivity contribution in [2.45, 2.75) is 38.0 Å². The van der Waals surface area contributed by atoms with Gasteiger partial charge in [-0.15, -0.1) is 12.4 Å². The topological polar surface area (TPSA) is 41.1 Å². The number of amides is 1. The van der Waals surface area contributed by atoms with Crippen molar-refractivity contribution in [3.63, 3.8) is 0 Å². The van der Waals surface area contributed by atoms with Crippen LogP contribution in [0.2, 0.25) is 0 Å². The third kappa shape index (κ3) is 6.96. The second kappa shape index (κ2) is 8.58. The monoisotopic (exact) mass is 306 g/mol. The molecule has 1 amide bonds. The molecule has 0 aliphatic carbocycles. The Bertz CT molecular complexity index is 273. The van der Waals surface area contributed by atoms with Crippen LogP contribution in [-0.2, 0) is 4.79 Å². The van der Waals surface area contributed by atoms with E-state index in [4.69, 9.17) is 0 Å². The van der Waals surface area contributed by atoms with E-state index in [9.17, 15) is 22.4 Å². The van der Waals surface area contributed by atoms with E-state index in [0.29, 0.717) is 12.3 Å². The minimum absolute atomic E-state index is 0. The summed E-state index contributed by atoms with van der Waals surface area (Å²) in [5.41, 5.74) is 0. The zero-order chi connectivity index (χ0) is 13.6. The van der Waals surface area contributed by atoms with Gasteiger partial charge in [0.2, 0.25) is 5.91 Å². The lowest BCUT2D eigenvalue weighted by Crippen LogP contribution is -2.41. The van der Waals surface area contributed by atoms with Gasteiger partial charge >= 0.3 is 12.3 Å². The molecule has 2 N–H and O–H groups in total. The fourth-order valence-electron chi connectivity index (χ4n) is 1.89. The molecular weight excluding hydrogens is 288 g/mol. The predicted molar refractivity (Wildman–Crippen MR) is 66.0 cm³/mol. The quantitative estimate of drug-likeness (QED) is 0.739. The highest BCUT2D eigenvalue weighted by molar-refractivity contribution is 5.85. The van der Waals surface area contributed by atoms with Crippen molar-refractivity contribution < 1.29 is 22.4 Å². The summed E-state index contributed by atoms with van der Waals surface area (Å²) in [7, 11) is 0. The van der Waals surface area contributed by atoms with Gasteiger partial charge in [-0.05, 0) is 38.3 Å². The molecule has 19 heavy (non-hydrogen) atoms. The molecule has 8 heteroatoms. The zero-order valence-corrected chi connectivity index (χ0v) is 11.2. The molecule has 0 unspecified atom stereocenters. The van der Waals surface area contributed by atoms with Crippen molar-refractivity contribution in [3.8, 4) is 0 Å². The number of piperidine rings is 1. The van der Waals surface area contributed by atoms with Gasteiger partial charge in [0, 0.05) is 6.42 Å². The minimum Gasteiger partial charge on any atom is -0.350 e. The maximum Gasteiger partial charge on any atom is 0.324 e. The van der Waals surface area contributed by atoms with Crippen molar-refractivity contribution in [1.82, 2.24) is 10.6 Å². The normalized spacial score (nSPS) is 17.1. The molecule has 0 bridgehead atoms. The summed E-state index contributed by atoms with van der Waals surface area (Å²) in [5, 5.41) is 5.04. The average molecular weight is 307 g/mol. The lowest BCUT2D eigenvalue weighted by molar-refractivity contribution is -0.136. The molecule has 1 aliphatic heterocycles. The first-order valence-corrected chi connectivity index (χ1v) is 6.05. The van der Waals surface area contributed by atoms with E-state index >= 15 is 0 Å². The summed E-state index contributed by atoms with van der Waals surface area (Å²) in [6, 6.07) is 0. The third-order valence-corrected chi connectivity index (χ3v) is 3.08. The van der Waals surface area contributed by atoms with Crippen LogP contribution in [0.3, 0.4) is 0 Å². The molecule has 0 aromatic rings. The lowest BCUT2D eigenvalue weighted by atomic mass is 9.93. The lowest BCUT2D eigenvalue weighted by Gasteiger charge is -2.22. The van der Waals surface area contributed by atoms with Gasteiger partial charge in [0.15, 0.2) is 0 Å². The standard InChI is InChI=1S/C11H18F4N2O.ClH/c12-10(13)11(14,15)7-17-9(18)2-1-8-3-5-16-6-4-8;/h8,10,16H,1-7H2,(H,17,18);1H. The number of hydrogen-bond donors (Lipinski definition) is 2. The van der Waals surface area contributed by atoms with Crippen LogP contribution < -0.4 is 10.6 Å². The van der Waals surface area contributed by atoms with E-state index in [-0.39, 0.29) is 18.8 Å². The first-order chi connectivity index (χ1) is 8.42. The Balaban J connectivity index is 0.00000324. The van der Waals surface area contributed by atoms with E-state index in [1.807, 2.05) is 5.32 Å². The Morgan fingerprint density at radius 3 is 2.42 bits per heavy atom. The van der Waals surface area contributed by atoms with Crippen LogP contribution in [0.5, 0.6) is 0 Å². The van der Waals surface area contributed by atoms with Crippen LogP contribution in [0.25, 0.3) is 0 Å². The molecule has 3 nitrogen and oxygen atoms in total. The molecular formula is C11H19ClF4N2O. The van der Waals surface area contributed by atoms with E-state index < -0.39 is 24.8 Å². The Hall–Kier alpha value is -0.560. The largest absolute Gasteiger partial charge is 0.350 e. The highest BCUT2D eigenvalue weighted by Crippen LogP contribution is 2.22. The number of halogens is 5. The van der Waals surface area contributed by atoms with Crippen molar-refractivity contribution in [2.24, 2.45) is 5.92 Å². The maximum absolute atomic E-state index is 12.5. The average Bonchev–Trinajstić information content (AvgIpc) is 2.35. The highest BCUT2D eigenvalue weighted by Gasteiger charge is 2.40. The van der Waals surface area contributed by atoms with Gasteiger partial charge in [0.25, 0.3) is 0 Å². The molecule has 1 heterocycles. The molecule has 1 rings (SSSR count). The summed E-state index contributed by atoms with van der Waals surface area (Å²) < 4.78 is 48.7. The molecule has 0 spiro atoms. The third-order valence-electron chi connectivity index (χ3n) is 3.08. The molecule has 1 saturated heterocycles. The van der Waals surface area contributed by atoms with Crippen molar-refractivity contribution in [2.75, 3.05) is 19.6 Å². The summed E-state index contributed by atoms with van der Waals surface area (Å²) in [5.74, 6) is -4.33. The summed E-state index contributed by atoms with van der Waals surface area (Å²) in [4.78, 5) is 11.3. The smallest absolute Gasteiger partial charge is 0.324 e. The molecule has 0 saturated carbocycles. The van der Waals surface area contributed by atoms with E-state index in [1.54, 1.807) is 0 Å². The molecule has 0 radical (unpaired) electrons. The van der Waals surface area contributed by atoms with Crippen LogP contribution in [0, 0.1) is 5.92 Å². The van der Waals surface area contributed by atoms with Crippen LogP contribution in [0.15, 0.2) is 0 Å². The maximum atomic E-state index is 12.5. The Morgan fingerprint density at radius 1 is 1.32 bits per heavy atom. The Kier molecular flexibility index (Phi) is 8.33. The zero-order valence-electron chi connectivity index (χ0n) is 10.4. The second-order valence-electron chi connectivity index (χ2n) is 4.57. The molecule has 0 aromatic heterocycles. The summed E-state index contributed by atoms with van der Waals surface area (Å²) in [6.45, 7) is 0.501. The SMILES string of the molecule is Cl.O=C(CCC1CCNCC1)NCC(F)(F)C(F)F. The highest BCUT2D eigenvalue weighted by atomic mass is 35.5. The number of rotatable bonds is 6. The van der Waals surface area contributed by atoms with Gasteiger partial charge in [-0.1, -0.05) is 0 Å². The molecule has 1 fully saturated rings. The van der Waals surface area contributed by atoms with Crippen LogP contribution in [-0.4, -0.2) is 37.9 Å². The number of nitrogens with one attached hydrogen (secondary N) is 2. The van der Waals surface area contributed by atoms with Crippen LogP contribution >= 0.6 is 12.4 Å². The fourth-order valence-corrected chi connectivity index (χ4v) is 1.89. The summed E-state index contributed by atoms with van der Waals surface area (Å²) >= 11 is 0. The predicted octanol–water partition coefficient (Wildman–Crippen LogP) is 2.20. The van der Waals surface area contributed by atoms with Gasteiger partial charge in [-0.2, -0.15) is 8.78 Å². The van der Waals surface area contributed by atoms with Crippen molar-refractivity contribution in [1.29, 1.82) is 0 Å². The van der Waals surface area contributed by atoms with Gasteiger partial charge in [0.05, 0.1) is 6.54 Å². The van der Waals surface area contributed by atoms with E-state index in [1.165, 1.54) is 0 Å². The van der Waals surface area contributed by atoms with E-state index in [2.05, 4.69) is 5.32 Å². The second-order valence-corrected chi connectivity index (χ2v) is 4.57. The van der Waals surface area contributed by atoms with Crippen LogP contribution in [0.4, 0.5) is 17.6 Å². The van der Waals surface area contributed by atoms with Crippen molar-refractivity contribution in [3.05, 3.63) is 0 Å². The van der Waals surface area contributed by atoms with Gasteiger partial charge in [-0.3, -0.25) is 4.79 Å². The van der Waals surface area contributed by atoms with Crippen LogP contribution in [0.1, 0.15) is 25.7 Å². The van der Waals surface area contributed by atoms with Gasteiger partial charge < -0.3 is 10.6 Å². The number of carbonyl (C=O) groups is 1. The first-order valence-electron chi connectivity index (χ1n) is 6.05. The minimum atomic E-state index is -4.15. The van der Waals surface area contributed by atoms with Crippen molar-refractivity contribution >= 4 is 18.3 Å². The Labute approximate surface area is 115 Å². The number of hydrogen-bond acceptors (Lipinski definition) is 2. The van der Waals surface area contributed by atoms with Gasteiger partial charge in [-0.25, -0.2) is 8.78 Å². The number of carbonyl (C=O) groups excluding carboxylic acids is 1. The number of alkyl halides is 4. The van der Waals surface area contributed by atoms with E-state index in [0.717, 1.165) is 25.9 Å². The molecule has 114 valence electrons. The first kappa shape index (κ1) is 18.4.